The van der Waals surface area contributed by atoms with Crippen LogP contribution in [0.5, 0.6) is 0 Å². The number of benzene rings is 1. The lowest BCUT2D eigenvalue weighted by Crippen LogP contribution is -2.34. The van der Waals surface area contributed by atoms with Crippen molar-refractivity contribution >= 4 is 27.5 Å². The van der Waals surface area contributed by atoms with Gasteiger partial charge in [0.05, 0.1) is 0 Å². The summed E-state index contributed by atoms with van der Waals surface area (Å²) in [4.78, 5) is 2.36. The molecule has 1 saturated carbocycles. The highest BCUT2D eigenvalue weighted by Gasteiger charge is 2.27. The van der Waals surface area contributed by atoms with Crippen molar-refractivity contribution in [3.63, 3.8) is 0 Å². The molecule has 0 heterocycles. The maximum absolute atomic E-state index is 7.71. The molecule has 0 aromatic heterocycles. The SMILES string of the molecule is CC(C)N(CC1CC1)c1cc(Br)ccc1C(=N)N. The number of halogens is 1. The first-order valence-corrected chi connectivity index (χ1v) is 7.19. The minimum Gasteiger partial charge on any atom is -0.384 e. The van der Waals surface area contributed by atoms with E-state index in [4.69, 9.17) is 11.1 Å². The lowest BCUT2D eigenvalue weighted by atomic mass is 10.1. The third kappa shape index (κ3) is 3.05. The first-order chi connectivity index (χ1) is 8.49. The predicted molar refractivity (Wildman–Crippen MR) is 80.4 cm³/mol. The van der Waals surface area contributed by atoms with Crippen LogP contribution in [0.3, 0.4) is 0 Å². The van der Waals surface area contributed by atoms with Crippen LogP contribution in [0.4, 0.5) is 5.69 Å². The van der Waals surface area contributed by atoms with E-state index in [0.29, 0.717) is 6.04 Å². The Labute approximate surface area is 117 Å². The van der Waals surface area contributed by atoms with Crippen LogP contribution in [0, 0.1) is 11.3 Å². The van der Waals surface area contributed by atoms with Crippen LogP contribution < -0.4 is 10.6 Å². The molecule has 3 N–H and O–H groups in total. The van der Waals surface area contributed by atoms with Crippen molar-refractivity contribution in [1.82, 2.24) is 0 Å². The first-order valence-electron chi connectivity index (χ1n) is 6.39. The summed E-state index contributed by atoms with van der Waals surface area (Å²) in [6.07, 6.45) is 2.65. The normalized spacial score (nSPS) is 14.9. The third-order valence-electron chi connectivity index (χ3n) is 3.33. The highest BCUT2D eigenvalue weighted by Crippen LogP contribution is 2.34. The van der Waals surface area contributed by atoms with Crippen molar-refractivity contribution < 1.29 is 0 Å². The summed E-state index contributed by atoms with van der Waals surface area (Å²) in [5.41, 5.74) is 7.59. The van der Waals surface area contributed by atoms with Crippen LogP contribution in [0.1, 0.15) is 32.3 Å². The van der Waals surface area contributed by atoms with E-state index in [1.165, 1.54) is 12.8 Å². The second-order valence-corrected chi connectivity index (χ2v) is 6.18. The van der Waals surface area contributed by atoms with Crippen molar-refractivity contribution in [3.05, 3.63) is 28.2 Å². The van der Waals surface area contributed by atoms with E-state index in [1.54, 1.807) is 0 Å². The van der Waals surface area contributed by atoms with Gasteiger partial charge in [-0.3, -0.25) is 5.41 Å². The fourth-order valence-electron chi connectivity index (χ4n) is 2.14. The number of rotatable bonds is 5. The fraction of sp³-hybridized carbons (Fsp3) is 0.500. The minimum absolute atomic E-state index is 0.138. The smallest absolute Gasteiger partial charge is 0.124 e. The summed E-state index contributed by atoms with van der Waals surface area (Å²) in [6, 6.07) is 6.34. The van der Waals surface area contributed by atoms with Gasteiger partial charge < -0.3 is 10.6 Å². The fourth-order valence-corrected chi connectivity index (χ4v) is 2.49. The van der Waals surface area contributed by atoms with Crippen molar-refractivity contribution in [2.45, 2.75) is 32.7 Å². The summed E-state index contributed by atoms with van der Waals surface area (Å²) in [5.74, 6) is 0.949. The lowest BCUT2D eigenvalue weighted by molar-refractivity contribution is 0.644. The molecular weight excluding hydrogens is 290 g/mol. The van der Waals surface area contributed by atoms with Gasteiger partial charge >= 0.3 is 0 Å². The number of nitrogens with one attached hydrogen (secondary N) is 1. The van der Waals surface area contributed by atoms with Gasteiger partial charge in [-0.1, -0.05) is 15.9 Å². The summed E-state index contributed by atoms with van der Waals surface area (Å²) >= 11 is 3.51. The van der Waals surface area contributed by atoms with Crippen LogP contribution in [-0.2, 0) is 0 Å². The standard InChI is InChI=1S/C14H20BrN3/c1-9(2)18(8-10-3-4-10)13-7-11(15)5-6-12(13)14(16)17/h5-7,9-10H,3-4,8H2,1-2H3,(H3,16,17). The van der Waals surface area contributed by atoms with Gasteiger partial charge in [0, 0.05) is 28.3 Å². The Kier molecular flexibility index (Phi) is 3.95. The van der Waals surface area contributed by atoms with Gasteiger partial charge in [0.15, 0.2) is 0 Å². The zero-order valence-corrected chi connectivity index (χ0v) is 12.5. The van der Waals surface area contributed by atoms with E-state index in [9.17, 15) is 0 Å². The number of anilines is 1. The second kappa shape index (κ2) is 5.31. The average molecular weight is 310 g/mol. The molecule has 0 amide bonds. The van der Waals surface area contributed by atoms with Gasteiger partial charge in [-0.15, -0.1) is 0 Å². The van der Waals surface area contributed by atoms with Crippen LogP contribution >= 0.6 is 15.9 Å². The second-order valence-electron chi connectivity index (χ2n) is 5.26. The molecule has 0 bridgehead atoms. The van der Waals surface area contributed by atoms with E-state index >= 15 is 0 Å². The maximum Gasteiger partial charge on any atom is 0.124 e. The summed E-state index contributed by atoms with van der Waals surface area (Å²) in [6.45, 7) is 5.44. The largest absolute Gasteiger partial charge is 0.384 e. The first kappa shape index (κ1) is 13.4. The molecule has 18 heavy (non-hydrogen) atoms. The molecule has 0 spiro atoms. The summed E-state index contributed by atoms with van der Waals surface area (Å²) in [7, 11) is 0. The molecule has 1 aliphatic rings. The van der Waals surface area contributed by atoms with Gasteiger partial charge in [0.2, 0.25) is 0 Å². The van der Waals surface area contributed by atoms with Crippen molar-refractivity contribution in [2.24, 2.45) is 11.7 Å². The number of nitrogen functional groups attached to an aromatic ring is 1. The molecule has 0 atom stereocenters. The molecule has 0 saturated heterocycles. The molecule has 1 aromatic carbocycles. The minimum atomic E-state index is 0.138. The van der Waals surface area contributed by atoms with Crippen molar-refractivity contribution in [1.29, 1.82) is 5.41 Å². The van der Waals surface area contributed by atoms with E-state index in [1.807, 2.05) is 12.1 Å². The number of amidine groups is 1. The van der Waals surface area contributed by atoms with Gasteiger partial charge in [-0.25, -0.2) is 0 Å². The van der Waals surface area contributed by atoms with E-state index in [0.717, 1.165) is 28.2 Å². The van der Waals surface area contributed by atoms with Crippen molar-refractivity contribution in [2.75, 3.05) is 11.4 Å². The molecule has 0 radical (unpaired) electrons. The zero-order chi connectivity index (χ0) is 13.3. The molecular formula is C14H20BrN3. The van der Waals surface area contributed by atoms with Gasteiger partial charge in [-0.2, -0.15) is 0 Å². The van der Waals surface area contributed by atoms with Crippen molar-refractivity contribution in [3.8, 4) is 0 Å². The Hall–Kier alpha value is -1.03. The summed E-state index contributed by atoms with van der Waals surface area (Å²) in [5, 5.41) is 7.71. The molecule has 98 valence electrons. The highest BCUT2D eigenvalue weighted by atomic mass is 79.9. The van der Waals surface area contributed by atoms with Crippen LogP contribution in [0.15, 0.2) is 22.7 Å². The molecule has 1 aliphatic carbocycles. The number of nitrogens with two attached hydrogens (primary N) is 1. The topological polar surface area (TPSA) is 53.1 Å². The average Bonchev–Trinajstić information content (AvgIpc) is 3.08. The number of hydrogen-bond donors (Lipinski definition) is 2. The van der Waals surface area contributed by atoms with Gasteiger partial charge in [-0.05, 0) is 50.8 Å². The van der Waals surface area contributed by atoms with E-state index in [-0.39, 0.29) is 5.84 Å². The van der Waals surface area contributed by atoms with Crippen LogP contribution in [0.25, 0.3) is 0 Å². The number of nitrogens with zero attached hydrogens (tertiary/aromatic N) is 1. The number of hydrogen-bond acceptors (Lipinski definition) is 2. The monoisotopic (exact) mass is 309 g/mol. The Bertz CT molecular complexity index is 452. The molecule has 0 aliphatic heterocycles. The van der Waals surface area contributed by atoms with E-state index < -0.39 is 0 Å². The predicted octanol–water partition coefficient (Wildman–Crippen LogP) is 3.36. The molecule has 4 heteroatoms. The Morgan fingerprint density at radius 2 is 2.17 bits per heavy atom. The Balaban J connectivity index is 2.37. The van der Waals surface area contributed by atoms with Gasteiger partial charge in [0.1, 0.15) is 5.84 Å². The molecule has 2 rings (SSSR count). The summed E-state index contributed by atoms with van der Waals surface area (Å²) < 4.78 is 1.03. The van der Waals surface area contributed by atoms with Crippen LogP contribution in [-0.4, -0.2) is 18.4 Å². The maximum atomic E-state index is 7.71. The Morgan fingerprint density at radius 3 is 2.67 bits per heavy atom. The van der Waals surface area contributed by atoms with E-state index in [2.05, 4.69) is 40.7 Å². The quantitative estimate of drug-likeness (QED) is 0.647. The zero-order valence-electron chi connectivity index (χ0n) is 10.9. The van der Waals surface area contributed by atoms with Crippen LogP contribution in [0.2, 0.25) is 0 Å². The molecule has 1 fully saturated rings. The molecule has 0 unspecified atom stereocenters. The van der Waals surface area contributed by atoms with Gasteiger partial charge in [0.25, 0.3) is 0 Å². The Morgan fingerprint density at radius 1 is 1.50 bits per heavy atom. The molecule has 1 aromatic rings. The highest BCUT2D eigenvalue weighted by molar-refractivity contribution is 9.10. The lowest BCUT2D eigenvalue weighted by Gasteiger charge is -2.31. The molecule has 3 nitrogen and oxygen atoms in total. The third-order valence-corrected chi connectivity index (χ3v) is 3.83.